The third kappa shape index (κ3) is 3.85. The molecule has 0 aliphatic carbocycles. The van der Waals surface area contributed by atoms with E-state index in [9.17, 15) is 8.42 Å². The second kappa shape index (κ2) is 6.31. The number of benzene rings is 1. The van der Waals surface area contributed by atoms with Gasteiger partial charge in [-0.1, -0.05) is 36.4 Å². The molecule has 0 aliphatic rings. The molecule has 0 fully saturated rings. The number of H-pyrrole nitrogens is 1. The van der Waals surface area contributed by atoms with Crippen LogP contribution in [0.25, 0.3) is 0 Å². The monoisotopic (exact) mass is 309 g/mol. The minimum absolute atomic E-state index is 0.00482. The Morgan fingerprint density at radius 3 is 2.67 bits per heavy atom. The van der Waals surface area contributed by atoms with E-state index in [0.29, 0.717) is 12.4 Å². The van der Waals surface area contributed by atoms with E-state index in [4.69, 9.17) is 0 Å². The zero-order chi connectivity index (χ0) is 15.5. The Hall–Kier alpha value is -1.80. The molecule has 2 aromatic rings. The molecule has 0 radical (unpaired) electrons. The molecule has 0 aliphatic heterocycles. The highest BCUT2D eigenvalue weighted by Crippen LogP contribution is 2.17. The predicted octanol–water partition coefficient (Wildman–Crippen LogP) is 1.07. The van der Waals surface area contributed by atoms with Gasteiger partial charge in [0.2, 0.25) is 10.0 Å². The summed E-state index contributed by atoms with van der Waals surface area (Å²) in [7, 11) is -1.80. The highest BCUT2D eigenvalue weighted by Gasteiger charge is 2.23. The van der Waals surface area contributed by atoms with Crippen molar-refractivity contribution in [1.82, 2.24) is 24.9 Å². The van der Waals surface area contributed by atoms with E-state index in [-0.39, 0.29) is 11.7 Å². The van der Waals surface area contributed by atoms with Gasteiger partial charge in [0.15, 0.2) is 5.82 Å². The second-order valence-corrected chi connectivity index (χ2v) is 7.21. The van der Waals surface area contributed by atoms with Gasteiger partial charge < -0.3 is 0 Å². The van der Waals surface area contributed by atoms with E-state index in [1.54, 1.807) is 7.05 Å². The van der Waals surface area contributed by atoms with Gasteiger partial charge >= 0.3 is 0 Å². The normalized spacial score (nSPS) is 13.5. The molecule has 0 bridgehead atoms. The average Bonchev–Trinajstić information content (AvgIpc) is 2.95. The number of hydrogen-bond donors (Lipinski definition) is 1. The molecule has 1 heterocycles. The van der Waals surface area contributed by atoms with Crippen LogP contribution in [0.5, 0.6) is 0 Å². The zero-order valence-corrected chi connectivity index (χ0v) is 13.1. The first kappa shape index (κ1) is 15.6. The van der Waals surface area contributed by atoms with Crippen LogP contribution in [-0.4, -0.2) is 46.9 Å². The van der Waals surface area contributed by atoms with Crippen LogP contribution in [0.3, 0.4) is 0 Å². The summed E-state index contributed by atoms with van der Waals surface area (Å²) in [5.74, 6) is 0.378. The number of tetrazole rings is 1. The first-order valence-corrected chi connectivity index (χ1v) is 8.23. The van der Waals surface area contributed by atoms with Gasteiger partial charge in [-0.25, -0.2) is 12.7 Å². The number of aromatic nitrogens is 4. The lowest BCUT2D eigenvalue weighted by Gasteiger charge is -2.20. The third-order valence-electron chi connectivity index (χ3n) is 3.41. The van der Waals surface area contributed by atoms with Crippen molar-refractivity contribution in [2.24, 2.45) is 0 Å². The van der Waals surface area contributed by atoms with E-state index >= 15 is 0 Å². The maximum absolute atomic E-state index is 12.4. The lowest BCUT2D eigenvalue weighted by molar-refractivity contribution is 0.439. The van der Waals surface area contributed by atoms with E-state index in [2.05, 4.69) is 20.6 Å². The van der Waals surface area contributed by atoms with Crippen molar-refractivity contribution in [2.75, 3.05) is 13.6 Å². The molecule has 0 saturated heterocycles. The number of nitrogens with one attached hydrogen (secondary N) is 1. The predicted molar refractivity (Wildman–Crippen MR) is 79.0 cm³/mol. The molecule has 7 nitrogen and oxygen atoms in total. The zero-order valence-electron chi connectivity index (χ0n) is 12.3. The highest BCUT2D eigenvalue weighted by molar-refractivity contribution is 7.88. The fourth-order valence-corrected chi connectivity index (χ4v) is 3.43. The molecule has 0 spiro atoms. The van der Waals surface area contributed by atoms with Crippen molar-refractivity contribution >= 4 is 10.0 Å². The molecule has 2 rings (SSSR count). The second-order valence-electron chi connectivity index (χ2n) is 5.13. The number of nitrogens with zero attached hydrogens (tertiary/aromatic N) is 4. The Morgan fingerprint density at radius 2 is 2.05 bits per heavy atom. The lowest BCUT2D eigenvalue weighted by Crippen LogP contribution is -2.32. The summed E-state index contributed by atoms with van der Waals surface area (Å²) in [6.45, 7) is 4.09. The maximum atomic E-state index is 12.4. The van der Waals surface area contributed by atoms with Crippen molar-refractivity contribution in [3.8, 4) is 0 Å². The fourth-order valence-electron chi connectivity index (χ4n) is 2.04. The third-order valence-corrected chi connectivity index (χ3v) is 5.18. The minimum atomic E-state index is -3.37. The summed E-state index contributed by atoms with van der Waals surface area (Å²) in [5.41, 5.74) is 1.79. The van der Waals surface area contributed by atoms with Crippen LogP contribution in [0.1, 0.15) is 29.8 Å². The first-order chi connectivity index (χ1) is 9.90. The standard InChI is InChI=1S/C13H19N5O2S/c1-10-6-4-5-7-12(10)9-21(19,20)18(3)8-11(2)13-14-16-17-15-13/h4-7,11H,8-9H2,1-3H3,(H,14,15,16,17). The number of likely N-dealkylation sites (N-methyl/N-ethyl adjacent to an activating group) is 1. The molecule has 1 unspecified atom stereocenters. The van der Waals surface area contributed by atoms with Crippen molar-refractivity contribution < 1.29 is 8.42 Å². The van der Waals surface area contributed by atoms with Crippen LogP contribution in [0.2, 0.25) is 0 Å². The molecule has 21 heavy (non-hydrogen) atoms. The number of aryl methyl sites for hydroxylation is 1. The Bertz CT molecular complexity index is 684. The van der Waals surface area contributed by atoms with Crippen LogP contribution in [0.15, 0.2) is 24.3 Å². The average molecular weight is 309 g/mol. The van der Waals surface area contributed by atoms with Crippen LogP contribution in [0.4, 0.5) is 0 Å². The molecule has 0 amide bonds. The molecule has 1 aromatic heterocycles. The van der Waals surface area contributed by atoms with E-state index in [1.807, 2.05) is 38.1 Å². The quantitative estimate of drug-likeness (QED) is 0.862. The minimum Gasteiger partial charge on any atom is -0.212 e. The number of aromatic amines is 1. The van der Waals surface area contributed by atoms with Gasteiger partial charge in [0.1, 0.15) is 0 Å². The summed E-state index contributed by atoms with van der Waals surface area (Å²) in [5, 5.41) is 13.6. The van der Waals surface area contributed by atoms with Gasteiger partial charge in [-0.2, -0.15) is 5.21 Å². The van der Waals surface area contributed by atoms with Crippen LogP contribution in [-0.2, 0) is 15.8 Å². The van der Waals surface area contributed by atoms with Crippen LogP contribution in [0, 0.1) is 6.92 Å². The van der Waals surface area contributed by atoms with Crippen LogP contribution >= 0.6 is 0 Å². The molecular weight excluding hydrogens is 290 g/mol. The number of rotatable bonds is 6. The molecule has 114 valence electrons. The summed E-state index contributed by atoms with van der Waals surface area (Å²) in [6.07, 6.45) is 0. The fraction of sp³-hybridized carbons (Fsp3) is 0.462. The smallest absolute Gasteiger partial charge is 0.212 e. The molecule has 1 aromatic carbocycles. The van der Waals surface area contributed by atoms with Gasteiger partial charge in [-0.15, -0.1) is 10.2 Å². The number of sulfonamides is 1. The molecule has 8 heteroatoms. The number of hydrogen-bond acceptors (Lipinski definition) is 5. The highest BCUT2D eigenvalue weighted by atomic mass is 32.2. The first-order valence-electron chi connectivity index (χ1n) is 6.62. The van der Waals surface area contributed by atoms with Crippen molar-refractivity contribution in [3.63, 3.8) is 0 Å². The Kier molecular flexibility index (Phi) is 4.69. The topological polar surface area (TPSA) is 91.8 Å². The van der Waals surface area contributed by atoms with Gasteiger partial charge in [-0.3, -0.25) is 0 Å². The Balaban J connectivity index is 2.07. The summed E-state index contributed by atoms with van der Waals surface area (Å²) in [4.78, 5) is 0. The van der Waals surface area contributed by atoms with Gasteiger partial charge in [0, 0.05) is 19.5 Å². The largest absolute Gasteiger partial charge is 0.218 e. The van der Waals surface area contributed by atoms with Crippen molar-refractivity contribution in [1.29, 1.82) is 0 Å². The van der Waals surface area contributed by atoms with E-state index in [1.165, 1.54) is 4.31 Å². The Labute approximate surface area is 124 Å². The van der Waals surface area contributed by atoms with Gasteiger partial charge in [0.25, 0.3) is 0 Å². The maximum Gasteiger partial charge on any atom is 0.218 e. The lowest BCUT2D eigenvalue weighted by atomic mass is 10.1. The van der Waals surface area contributed by atoms with Crippen molar-refractivity contribution in [2.45, 2.75) is 25.5 Å². The Morgan fingerprint density at radius 1 is 1.33 bits per heavy atom. The summed E-state index contributed by atoms with van der Waals surface area (Å²) >= 11 is 0. The van der Waals surface area contributed by atoms with E-state index < -0.39 is 10.0 Å². The summed E-state index contributed by atoms with van der Waals surface area (Å²) in [6, 6.07) is 7.49. The van der Waals surface area contributed by atoms with E-state index in [0.717, 1.165) is 11.1 Å². The molecule has 1 atom stereocenters. The van der Waals surface area contributed by atoms with Gasteiger partial charge in [0.05, 0.1) is 5.75 Å². The molecule has 0 saturated carbocycles. The summed E-state index contributed by atoms with van der Waals surface area (Å²) < 4.78 is 26.2. The van der Waals surface area contributed by atoms with Crippen LogP contribution < -0.4 is 0 Å². The molecular formula is C13H19N5O2S. The van der Waals surface area contributed by atoms with Gasteiger partial charge in [-0.05, 0) is 18.1 Å². The molecule has 1 N–H and O–H groups in total. The SMILES string of the molecule is Cc1ccccc1CS(=O)(=O)N(C)CC(C)c1nn[nH]n1. The van der Waals surface area contributed by atoms with Crippen molar-refractivity contribution in [3.05, 3.63) is 41.2 Å².